The van der Waals surface area contributed by atoms with Crippen LogP contribution >= 0.6 is 11.3 Å². The number of rotatable bonds is 4. The molecule has 0 atom stereocenters. The Morgan fingerprint density at radius 3 is 2.87 bits per heavy atom. The maximum absolute atomic E-state index is 11.9. The molecule has 0 amide bonds. The maximum Gasteiger partial charge on any atom is 0.337 e. The topological polar surface area (TPSA) is 88.2 Å². The molecule has 0 unspecified atom stereocenters. The summed E-state index contributed by atoms with van der Waals surface area (Å²) >= 11 is 1.60. The minimum atomic E-state index is -0.845. The highest BCUT2D eigenvalue weighted by Gasteiger charge is 2.32. The summed E-state index contributed by atoms with van der Waals surface area (Å²) in [5.74, 6) is 4.45. The van der Waals surface area contributed by atoms with E-state index in [2.05, 4.69) is 24.3 Å². The van der Waals surface area contributed by atoms with E-state index in [0.29, 0.717) is 12.1 Å². The fourth-order valence-electron chi connectivity index (χ4n) is 3.12. The highest BCUT2D eigenvalue weighted by atomic mass is 32.1. The smallest absolute Gasteiger partial charge is 0.337 e. The van der Waals surface area contributed by atoms with Crippen molar-refractivity contribution < 1.29 is 9.90 Å². The van der Waals surface area contributed by atoms with E-state index < -0.39 is 5.97 Å². The number of hydrazine groups is 1. The number of nitrogens with two attached hydrogens (primary N) is 1. The Morgan fingerprint density at radius 1 is 1.48 bits per heavy atom. The van der Waals surface area contributed by atoms with Crippen molar-refractivity contribution >= 4 is 17.3 Å². The lowest BCUT2D eigenvalue weighted by atomic mass is 9.76. The second-order valence-corrected chi connectivity index (χ2v) is 7.88. The molecular weight excluding hydrogens is 310 g/mol. The average molecular weight is 331 g/mol. The zero-order valence-corrected chi connectivity index (χ0v) is 14.2. The molecule has 2 aromatic heterocycles. The van der Waals surface area contributed by atoms with Crippen molar-refractivity contribution in [3.05, 3.63) is 40.0 Å². The number of hydrogen-bond donors (Lipinski definition) is 3. The number of aromatic carboxylic acids is 1. The highest BCUT2D eigenvalue weighted by molar-refractivity contribution is 7.16. The standard InChI is InChI=1S/C17H21N3O2S/c1-17(2)6-5-13-12(7-17)14(16(21)22)15(23-13)10-3-4-11(9-20-18)19-8-10/h3-4,8,20H,5-7,9,18H2,1-2H3,(H,21,22). The molecule has 1 aliphatic rings. The van der Waals surface area contributed by atoms with Gasteiger partial charge in [0, 0.05) is 16.6 Å². The summed E-state index contributed by atoms with van der Waals surface area (Å²) in [5, 5.41) is 9.74. The average Bonchev–Trinajstić information content (AvgIpc) is 2.85. The molecule has 2 heterocycles. The number of nitrogens with one attached hydrogen (secondary N) is 1. The Labute approximate surface area is 139 Å². The van der Waals surface area contributed by atoms with Gasteiger partial charge in [0.1, 0.15) is 0 Å². The second kappa shape index (κ2) is 6.03. The minimum Gasteiger partial charge on any atom is -0.478 e. The van der Waals surface area contributed by atoms with Crippen molar-refractivity contribution in [2.75, 3.05) is 0 Å². The van der Waals surface area contributed by atoms with Crippen LogP contribution < -0.4 is 11.3 Å². The van der Waals surface area contributed by atoms with Crippen molar-refractivity contribution in [2.24, 2.45) is 11.3 Å². The normalized spacial score (nSPS) is 16.1. The molecular formula is C17H21N3O2S. The SMILES string of the molecule is CC1(C)CCc2sc(-c3ccc(CNN)nc3)c(C(=O)O)c2C1. The van der Waals surface area contributed by atoms with Gasteiger partial charge in [-0.2, -0.15) is 0 Å². The van der Waals surface area contributed by atoms with Gasteiger partial charge in [0.05, 0.1) is 22.7 Å². The van der Waals surface area contributed by atoms with E-state index in [1.165, 1.54) is 4.88 Å². The summed E-state index contributed by atoms with van der Waals surface area (Å²) in [7, 11) is 0. The highest BCUT2D eigenvalue weighted by Crippen LogP contribution is 2.44. The van der Waals surface area contributed by atoms with Crippen LogP contribution in [0.25, 0.3) is 10.4 Å². The molecule has 0 radical (unpaired) electrons. The molecule has 0 saturated heterocycles. The second-order valence-electron chi connectivity index (χ2n) is 6.77. The number of carboxylic acid groups (broad SMARTS) is 1. The number of nitrogens with zero attached hydrogens (tertiary/aromatic N) is 1. The Kier molecular flexibility index (Phi) is 4.23. The first-order chi connectivity index (χ1) is 10.9. The first-order valence-electron chi connectivity index (χ1n) is 7.68. The van der Waals surface area contributed by atoms with Gasteiger partial charge in [-0.05, 0) is 36.3 Å². The van der Waals surface area contributed by atoms with E-state index in [9.17, 15) is 9.90 Å². The van der Waals surface area contributed by atoms with Crippen LogP contribution in [0.15, 0.2) is 18.3 Å². The van der Waals surface area contributed by atoms with Gasteiger partial charge in [-0.1, -0.05) is 19.9 Å². The third-order valence-corrected chi connectivity index (χ3v) is 5.70. The molecule has 1 aliphatic carbocycles. The summed E-state index contributed by atoms with van der Waals surface area (Å²) < 4.78 is 0. The molecule has 23 heavy (non-hydrogen) atoms. The van der Waals surface area contributed by atoms with Crippen LogP contribution in [-0.4, -0.2) is 16.1 Å². The van der Waals surface area contributed by atoms with E-state index in [1.807, 2.05) is 12.1 Å². The van der Waals surface area contributed by atoms with E-state index in [-0.39, 0.29) is 5.41 Å². The summed E-state index contributed by atoms with van der Waals surface area (Å²) in [6.07, 6.45) is 4.61. The number of hydrogen-bond acceptors (Lipinski definition) is 5. The van der Waals surface area contributed by atoms with Crippen LogP contribution in [-0.2, 0) is 19.4 Å². The zero-order valence-electron chi connectivity index (χ0n) is 13.3. The van der Waals surface area contributed by atoms with Gasteiger partial charge in [-0.15, -0.1) is 11.3 Å². The lowest BCUT2D eigenvalue weighted by Crippen LogP contribution is -2.22. The summed E-state index contributed by atoms with van der Waals surface area (Å²) in [6, 6.07) is 3.80. The molecule has 0 spiro atoms. The Morgan fingerprint density at radius 2 is 2.26 bits per heavy atom. The number of pyridine rings is 1. The third kappa shape index (κ3) is 3.15. The summed E-state index contributed by atoms with van der Waals surface area (Å²) in [6.45, 7) is 4.89. The van der Waals surface area contributed by atoms with Crippen molar-refractivity contribution in [1.82, 2.24) is 10.4 Å². The van der Waals surface area contributed by atoms with Crippen LogP contribution in [0.5, 0.6) is 0 Å². The molecule has 0 aliphatic heterocycles. The predicted molar refractivity (Wildman–Crippen MR) is 91.3 cm³/mol. The molecule has 2 aromatic rings. The maximum atomic E-state index is 11.9. The number of carbonyl (C=O) groups is 1. The largest absolute Gasteiger partial charge is 0.478 e. The molecule has 0 fully saturated rings. The van der Waals surface area contributed by atoms with Gasteiger partial charge in [0.25, 0.3) is 0 Å². The first-order valence-corrected chi connectivity index (χ1v) is 8.49. The van der Waals surface area contributed by atoms with Crippen LogP contribution in [0.3, 0.4) is 0 Å². The van der Waals surface area contributed by atoms with Gasteiger partial charge >= 0.3 is 5.97 Å². The Bertz CT molecular complexity index is 735. The van der Waals surface area contributed by atoms with Crippen LogP contribution in [0.4, 0.5) is 0 Å². The van der Waals surface area contributed by atoms with Crippen molar-refractivity contribution in [1.29, 1.82) is 0 Å². The minimum absolute atomic E-state index is 0.157. The fraction of sp³-hybridized carbons (Fsp3) is 0.412. The zero-order chi connectivity index (χ0) is 16.6. The van der Waals surface area contributed by atoms with Gasteiger partial charge in [-0.3, -0.25) is 16.3 Å². The van der Waals surface area contributed by atoms with E-state index in [1.54, 1.807) is 17.5 Å². The third-order valence-electron chi connectivity index (χ3n) is 4.36. The number of thiophene rings is 1. The van der Waals surface area contributed by atoms with Crippen LogP contribution in [0.2, 0.25) is 0 Å². The van der Waals surface area contributed by atoms with Crippen molar-refractivity contribution in [3.8, 4) is 10.4 Å². The summed E-state index contributed by atoms with van der Waals surface area (Å²) in [4.78, 5) is 18.3. The first kappa shape index (κ1) is 16.1. The van der Waals surface area contributed by atoms with Gasteiger partial charge < -0.3 is 5.11 Å². The van der Waals surface area contributed by atoms with Crippen molar-refractivity contribution in [2.45, 2.75) is 39.7 Å². The lowest BCUT2D eigenvalue weighted by Gasteiger charge is -2.29. The quantitative estimate of drug-likeness (QED) is 0.592. The molecule has 0 saturated carbocycles. The number of aromatic nitrogens is 1. The number of aryl methyl sites for hydroxylation is 1. The van der Waals surface area contributed by atoms with Gasteiger partial charge in [0.2, 0.25) is 0 Å². The lowest BCUT2D eigenvalue weighted by molar-refractivity contribution is 0.0696. The van der Waals surface area contributed by atoms with Gasteiger partial charge in [0.15, 0.2) is 0 Å². The van der Waals surface area contributed by atoms with Crippen LogP contribution in [0, 0.1) is 5.41 Å². The Balaban J connectivity index is 2.06. The van der Waals surface area contributed by atoms with E-state index in [4.69, 9.17) is 5.84 Å². The predicted octanol–water partition coefficient (Wildman–Crippen LogP) is 2.99. The molecule has 0 bridgehead atoms. The fourth-order valence-corrected chi connectivity index (χ4v) is 4.42. The number of fused-ring (bicyclic) bond motifs is 1. The monoisotopic (exact) mass is 331 g/mol. The van der Waals surface area contributed by atoms with Crippen LogP contribution in [0.1, 0.15) is 46.8 Å². The molecule has 4 N–H and O–H groups in total. The van der Waals surface area contributed by atoms with Gasteiger partial charge in [-0.25, -0.2) is 4.79 Å². The molecule has 122 valence electrons. The molecule has 3 rings (SSSR count). The molecule has 5 nitrogen and oxygen atoms in total. The number of carboxylic acids is 1. The molecule has 6 heteroatoms. The summed E-state index contributed by atoms with van der Waals surface area (Å²) in [5.41, 5.74) is 5.89. The van der Waals surface area contributed by atoms with Crippen molar-refractivity contribution in [3.63, 3.8) is 0 Å². The Hall–Kier alpha value is -1.76. The van der Waals surface area contributed by atoms with E-state index >= 15 is 0 Å². The molecule has 0 aromatic carbocycles. The van der Waals surface area contributed by atoms with E-state index in [0.717, 1.165) is 41.0 Å².